The largest absolute Gasteiger partial charge is 0.478 e. The minimum absolute atomic E-state index is 0.531. The predicted molar refractivity (Wildman–Crippen MR) is 119 cm³/mol. The third-order valence-electron chi connectivity index (χ3n) is 4.27. The number of rotatable bonds is 8. The molecule has 3 aromatic rings. The lowest BCUT2D eigenvalue weighted by Gasteiger charge is -2.23. The van der Waals surface area contributed by atoms with Crippen molar-refractivity contribution >= 4 is 40.9 Å². The Bertz CT molecular complexity index is 1070. The lowest BCUT2D eigenvalue weighted by atomic mass is 10.1. The summed E-state index contributed by atoms with van der Waals surface area (Å²) >= 11 is 14.3. The molecule has 0 aliphatic rings. The molecule has 1 N–H and O–H groups in total. The van der Waals surface area contributed by atoms with Crippen LogP contribution in [0.4, 0.5) is 0 Å². The number of carboxylic acids is 1. The Morgan fingerprint density at radius 3 is 2.73 bits per heavy atom. The van der Waals surface area contributed by atoms with Crippen LogP contribution in [0.25, 0.3) is 11.4 Å². The van der Waals surface area contributed by atoms with Gasteiger partial charge in [0.15, 0.2) is 23.0 Å². The topological polar surface area (TPSA) is 72.3 Å². The standard InChI is InChI=1S/C21H20Cl2N2O3S2/c1-12-10-14(5-7-17(12)28-21(2,3)20(26)27)29-9-8-18-24-19(25-30-18)13-4-6-15(22)16(23)11-13/h4-7,10-11,22H,8-9H2,1-3H3/p+1. The molecule has 9 heteroatoms. The van der Waals surface area contributed by atoms with Gasteiger partial charge in [-0.3, -0.25) is 0 Å². The zero-order valence-electron chi connectivity index (χ0n) is 16.6. The molecule has 0 spiro atoms. The van der Waals surface area contributed by atoms with E-state index in [4.69, 9.17) is 27.9 Å². The first-order valence-electron chi connectivity index (χ1n) is 9.11. The van der Waals surface area contributed by atoms with Crippen molar-refractivity contribution in [2.45, 2.75) is 37.7 Å². The monoisotopic (exact) mass is 483 g/mol. The smallest absolute Gasteiger partial charge is 0.347 e. The Hall–Kier alpha value is -1.80. The maximum absolute atomic E-state index is 11.3. The van der Waals surface area contributed by atoms with Crippen LogP contribution in [-0.4, -0.2) is 31.8 Å². The third kappa shape index (κ3) is 5.66. The number of aryl methyl sites for hydroxylation is 2. The van der Waals surface area contributed by atoms with Gasteiger partial charge in [0.05, 0.1) is 0 Å². The van der Waals surface area contributed by atoms with Crippen LogP contribution in [0.2, 0.25) is 10.0 Å². The van der Waals surface area contributed by atoms with Crippen LogP contribution in [0.5, 0.6) is 5.75 Å². The van der Waals surface area contributed by atoms with Crippen molar-refractivity contribution in [1.29, 1.82) is 0 Å². The predicted octanol–water partition coefficient (Wildman–Crippen LogP) is 5.44. The number of nitrogens with zero attached hydrogens (tertiary/aromatic N) is 2. The van der Waals surface area contributed by atoms with Crippen LogP contribution in [-0.2, 0) is 11.2 Å². The van der Waals surface area contributed by atoms with Gasteiger partial charge in [0.1, 0.15) is 15.8 Å². The Labute approximate surface area is 193 Å². The first-order valence-corrected chi connectivity index (χ1v) is 11.7. The molecular weight excluding hydrogens is 463 g/mol. The quantitative estimate of drug-likeness (QED) is 0.430. The molecule has 0 saturated heterocycles. The fourth-order valence-corrected chi connectivity index (χ4v) is 4.57. The van der Waals surface area contributed by atoms with E-state index in [1.807, 2.05) is 31.2 Å². The zero-order valence-corrected chi connectivity index (χ0v) is 19.8. The Morgan fingerprint density at radius 1 is 1.30 bits per heavy atom. The number of hydrogen-bond acceptors (Lipinski definition) is 6. The van der Waals surface area contributed by atoms with E-state index >= 15 is 0 Å². The summed E-state index contributed by atoms with van der Waals surface area (Å²) in [6, 6.07) is 11.2. The van der Waals surface area contributed by atoms with Crippen LogP contribution >= 0.6 is 34.9 Å². The molecule has 0 radical (unpaired) electrons. The lowest BCUT2D eigenvalue weighted by molar-refractivity contribution is -0.288. The molecule has 30 heavy (non-hydrogen) atoms. The maximum atomic E-state index is 11.3. The van der Waals surface area contributed by atoms with Crippen molar-refractivity contribution in [3.05, 3.63) is 57.0 Å². The number of aliphatic carboxylic acids is 1. The van der Waals surface area contributed by atoms with E-state index in [0.717, 1.165) is 33.2 Å². The van der Waals surface area contributed by atoms with E-state index < -0.39 is 11.6 Å². The number of thioether (sulfide) groups is 1. The molecule has 0 aliphatic carbocycles. The highest BCUT2D eigenvalue weighted by molar-refractivity contribution is 7.99. The second kappa shape index (κ2) is 9.56. The average molecular weight is 484 g/mol. The second-order valence-electron chi connectivity index (χ2n) is 7.10. The molecule has 5 nitrogen and oxygen atoms in total. The van der Waals surface area contributed by atoms with Crippen molar-refractivity contribution in [3.63, 3.8) is 0 Å². The number of hydrogen-bond donors (Lipinski definition) is 1. The molecule has 0 aliphatic heterocycles. The molecule has 0 atom stereocenters. The molecule has 3 rings (SSSR count). The summed E-state index contributed by atoms with van der Waals surface area (Å²) < 4.78 is 10.1. The summed E-state index contributed by atoms with van der Waals surface area (Å²) in [6.07, 6.45) is 0.790. The summed E-state index contributed by atoms with van der Waals surface area (Å²) in [5, 5.41) is 11.3. The highest BCUT2D eigenvalue weighted by Crippen LogP contribution is 2.29. The van der Waals surface area contributed by atoms with Crippen LogP contribution < -0.4 is 4.74 Å². The Morgan fingerprint density at radius 2 is 2.07 bits per heavy atom. The first-order chi connectivity index (χ1) is 14.2. The molecule has 158 valence electrons. The third-order valence-corrected chi connectivity index (χ3v) is 6.82. The van der Waals surface area contributed by atoms with E-state index in [0.29, 0.717) is 21.6 Å². The highest BCUT2D eigenvalue weighted by Gasteiger charge is 2.29. The van der Waals surface area contributed by atoms with Gasteiger partial charge in [-0.2, -0.15) is 4.37 Å². The van der Waals surface area contributed by atoms with E-state index in [-0.39, 0.29) is 0 Å². The van der Waals surface area contributed by atoms with Crippen LogP contribution in [0.3, 0.4) is 0 Å². The summed E-state index contributed by atoms with van der Waals surface area (Å²) in [7, 11) is 0. The lowest BCUT2D eigenvalue weighted by Crippen LogP contribution is -2.38. The number of aromatic nitrogens is 2. The van der Waals surface area contributed by atoms with Crippen molar-refractivity contribution in [2.24, 2.45) is 0 Å². The second-order valence-corrected chi connectivity index (χ2v) is 9.95. The van der Waals surface area contributed by atoms with Gasteiger partial charge in [-0.1, -0.05) is 11.6 Å². The minimum atomic E-state index is -1.27. The van der Waals surface area contributed by atoms with Crippen molar-refractivity contribution < 1.29 is 26.2 Å². The van der Waals surface area contributed by atoms with Crippen molar-refractivity contribution in [1.82, 2.24) is 9.36 Å². The summed E-state index contributed by atoms with van der Waals surface area (Å²) in [5.74, 6) is 1.08. The summed E-state index contributed by atoms with van der Waals surface area (Å²) in [6.45, 7) is 4.98. The normalized spacial score (nSPS) is 11.5. The fourth-order valence-electron chi connectivity index (χ4n) is 2.51. The van der Waals surface area contributed by atoms with Crippen molar-refractivity contribution in [3.8, 4) is 17.1 Å². The minimum Gasteiger partial charge on any atom is -0.478 e. The van der Waals surface area contributed by atoms with Gasteiger partial charge in [-0.05, 0) is 68.2 Å². The van der Waals surface area contributed by atoms with Gasteiger partial charge in [-0.25, -0.2) is 9.78 Å². The zero-order chi connectivity index (χ0) is 21.9. The molecule has 0 amide bonds. The fraction of sp³-hybridized carbons (Fsp3) is 0.286. The number of ether oxygens (including phenoxy) is 1. The van der Waals surface area contributed by atoms with E-state index in [1.165, 1.54) is 25.4 Å². The molecule has 0 fully saturated rings. The van der Waals surface area contributed by atoms with E-state index in [2.05, 4.69) is 9.36 Å². The maximum Gasteiger partial charge on any atom is 0.347 e. The average Bonchev–Trinajstić information content (AvgIpc) is 3.15. The Kier molecular flexibility index (Phi) is 7.29. The summed E-state index contributed by atoms with van der Waals surface area (Å²) in [5.41, 5.74) is 0.485. The van der Waals surface area contributed by atoms with Crippen LogP contribution in [0.15, 0.2) is 41.3 Å². The van der Waals surface area contributed by atoms with Crippen LogP contribution in [0, 0.1) is 18.5 Å². The molecule has 2 aromatic carbocycles. The highest BCUT2D eigenvalue weighted by atomic mass is 35.5. The molecule has 0 unspecified atom stereocenters. The number of carbonyl (C=O) groups is 1. The molecule has 0 saturated carbocycles. The SMILES string of the molecule is Cc1cc(SCCc2nc(-c3ccc([ClH+])c(Cl)c3)ns2)ccc1OC(C)(C)C(=O)O. The molecule has 0 bridgehead atoms. The van der Waals surface area contributed by atoms with Crippen LogP contribution in [0.1, 0.15) is 24.4 Å². The van der Waals surface area contributed by atoms with Gasteiger partial charge >= 0.3 is 5.97 Å². The van der Waals surface area contributed by atoms with Crippen molar-refractivity contribution in [2.75, 3.05) is 5.75 Å². The molecular formula is C21H21Cl2N2O3S2+. The van der Waals surface area contributed by atoms with Gasteiger partial charge in [0.25, 0.3) is 0 Å². The van der Waals surface area contributed by atoms with Gasteiger partial charge in [0.2, 0.25) is 5.02 Å². The van der Waals surface area contributed by atoms with E-state index in [9.17, 15) is 9.90 Å². The number of halogens is 2. The summed E-state index contributed by atoms with van der Waals surface area (Å²) in [4.78, 5) is 16.9. The van der Waals surface area contributed by atoms with Gasteiger partial charge in [-0.15, -0.1) is 11.8 Å². The van der Waals surface area contributed by atoms with Gasteiger partial charge < -0.3 is 9.84 Å². The molecule has 1 heterocycles. The first kappa shape index (κ1) is 22.9. The Balaban J connectivity index is 1.58. The number of benzene rings is 2. The van der Waals surface area contributed by atoms with E-state index in [1.54, 1.807) is 23.9 Å². The van der Waals surface area contributed by atoms with Gasteiger partial charge in [0, 0.05) is 28.7 Å². The molecule has 1 aromatic heterocycles. The number of carboxylic acid groups (broad SMARTS) is 1.